The maximum Gasteiger partial charge on any atom is 0.308 e. The quantitative estimate of drug-likeness (QED) is 0.403. The highest BCUT2D eigenvalue weighted by Crippen LogP contribution is 2.40. The number of ether oxygens (including phenoxy) is 1. The topological polar surface area (TPSA) is 44.8 Å². The molecule has 0 aromatic heterocycles. The summed E-state index contributed by atoms with van der Waals surface area (Å²) in [5.41, 5.74) is 0. The number of cyclic esters (lactones) is 1. The van der Waals surface area contributed by atoms with Gasteiger partial charge in [-0.05, 0) is 36.3 Å². The summed E-state index contributed by atoms with van der Waals surface area (Å²) in [7, 11) is -3.78. The van der Waals surface area contributed by atoms with Crippen LogP contribution in [0, 0.1) is 0 Å². The zero-order valence-corrected chi connectivity index (χ0v) is 18.7. The first-order valence-electron chi connectivity index (χ1n) is 8.58. The van der Waals surface area contributed by atoms with Gasteiger partial charge in [0.05, 0.1) is 19.1 Å². The standard InChI is InChI=1S/C17H36O4Si2/c1-16(2,3)22(7,8)19-12-14-13(11-15(18)20-14)21-23(9,10)17(4,5)6/h13-14H,11-12H2,1-10H3/t13-,14+/m0/s1/i18+2. The molecule has 23 heavy (non-hydrogen) atoms. The van der Waals surface area contributed by atoms with E-state index in [1.807, 2.05) is 0 Å². The van der Waals surface area contributed by atoms with Gasteiger partial charge in [-0.1, -0.05) is 41.5 Å². The number of esters is 1. The summed E-state index contributed by atoms with van der Waals surface area (Å²) in [6.07, 6.45) is -0.100. The minimum absolute atomic E-state index is 0.115. The highest BCUT2D eigenvalue weighted by atomic mass is 28.4. The third-order valence-electron chi connectivity index (χ3n) is 5.73. The third-order valence-corrected chi connectivity index (χ3v) is 14.7. The Morgan fingerprint density at radius 3 is 1.91 bits per heavy atom. The number of rotatable bonds is 5. The Kier molecular flexibility index (Phi) is 6.00. The van der Waals surface area contributed by atoms with E-state index in [9.17, 15) is 4.79 Å². The number of carbonyl (C=O) groups is 1. The third kappa shape index (κ3) is 5.15. The average Bonchev–Trinajstić information content (AvgIpc) is 2.63. The van der Waals surface area contributed by atoms with Crippen LogP contribution < -0.4 is 0 Å². The molecule has 0 bridgehead atoms. The van der Waals surface area contributed by atoms with Crippen LogP contribution in [0.5, 0.6) is 0 Å². The van der Waals surface area contributed by atoms with Gasteiger partial charge in [-0.2, -0.15) is 0 Å². The van der Waals surface area contributed by atoms with Crippen LogP contribution in [-0.2, 0) is 18.4 Å². The molecule has 1 aliphatic rings. The molecule has 1 fully saturated rings. The Hall–Kier alpha value is -0.176. The van der Waals surface area contributed by atoms with Crippen LogP contribution in [0.15, 0.2) is 0 Å². The van der Waals surface area contributed by atoms with Crippen LogP contribution in [0.1, 0.15) is 48.0 Å². The van der Waals surface area contributed by atoms with Gasteiger partial charge in [0.2, 0.25) is 0 Å². The van der Waals surface area contributed by atoms with Crippen molar-refractivity contribution in [3.63, 3.8) is 0 Å². The van der Waals surface area contributed by atoms with Crippen LogP contribution in [0.3, 0.4) is 0 Å². The van der Waals surface area contributed by atoms with Crippen molar-refractivity contribution in [1.29, 1.82) is 0 Å². The van der Waals surface area contributed by atoms with Gasteiger partial charge in [-0.15, -0.1) is 0 Å². The Morgan fingerprint density at radius 1 is 1.00 bits per heavy atom. The van der Waals surface area contributed by atoms with Gasteiger partial charge in [-0.3, -0.25) is 4.79 Å². The lowest BCUT2D eigenvalue weighted by molar-refractivity contribution is -0.142. The van der Waals surface area contributed by atoms with Crippen molar-refractivity contribution in [1.82, 2.24) is 0 Å². The van der Waals surface area contributed by atoms with Crippen LogP contribution in [0.2, 0.25) is 36.3 Å². The zero-order valence-electron chi connectivity index (χ0n) is 16.7. The molecule has 1 rings (SSSR count). The summed E-state index contributed by atoms with van der Waals surface area (Å²) in [6.45, 7) is 22.6. The molecule has 0 saturated carbocycles. The van der Waals surface area contributed by atoms with E-state index in [1.165, 1.54) is 0 Å². The van der Waals surface area contributed by atoms with Crippen molar-refractivity contribution >= 4 is 22.6 Å². The van der Waals surface area contributed by atoms with Gasteiger partial charge >= 0.3 is 5.97 Å². The second kappa shape index (κ2) is 6.61. The van der Waals surface area contributed by atoms with Crippen molar-refractivity contribution in [3.05, 3.63) is 0 Å². The van der Waals surface area contributed by atoms with Crippen LogP contribution >= 0.6 is 0 Å². The molecule has 4 nitrogen and oxygen atoms in total. The smallest absolute Gasteiger partial charge is 0.308 e. The summed E-state index contributed by atoms with van der Waals surface area (Å²) < 4.78 is 18.2. The van der Waals surface area contributed by atoms with E-state index in [-0.39, 0.29) is 28.3 Å². The molecule has 0 aromatic rings. The molecular weight excluding hydrogens is 326 g/mol. The molecule has 0 radical (unpaired) electrons. The van der Waals surface area contributed by atoms with Crippen molar-refractivity contribution in [2.75, 3.05) is 6.61 Å². The Labute approximate surface area is 144 Å². The summed E-state index contributed by atoms with van der Waals surface area (Å²) in [5.74, 6) is -0.169. The van der Waals surface area contributed by atoms with E-state index < -0.39 is 16.6 Å². The summed E-state index contributed by atoms with van der Waals surface area (Å²) in [4.78, 5) is 11.8. The predicted molar refractivity (Wildman–Crippen MR) is 99.7 cm³/mol. The number of hydrogen-bond acceptors (Lipinski definition) is 4. The summed E-state index contributed by atoms with van der Waals surface area (Å²) in [6, 6.07) is 0. The molecule has 0 aliphatic carbocycles. The van der Waals surface area contributed by atoms with Gasteiger partial charge in [0.1, 0.15) is 6.10 Å². The molecule has 1 saturated heterocycles. The van der Waals surface area contributed by atoms with Gasteiger partial charge < -0.3 is 13.6 Å². The van der Waals surface area contributed by atoms with Crippen molar-refractivity contribution in [2.24, 2.45) is 0 Å². The molecule has 136 valence electrons. The normalized spacial score (nSPS) is 24.0. The van der Waals surface area contributed by atoms with E-state index in [0.717, 1.165) is 0 Å². The Balaban J connectivity index is 2.76. The van der Waals surface area contributed by atoms with Gasteiger partial charge in [0.25, 0.3) is 0 Å². The lowest BCUT2D eigenvalue weighted by Crippen LogP contribution is -2.48. The van der Waals surface area contributed by atoms with E-state index in [1.54, 1.807) is 0 Å². The van der Waals surface area contributed by atoms with Crippen molar-refractivity contribution in [2.45, 2.75) is 96.4 Å². The fourth-order valence-electron chi connectivity index (χ4n) is 1.91. The van der Waals surface area contributed by atoms with E-state index in [0.29, 0.717) is 13.0 Å². The fraction of sp³-hybridized carbons (Fsp3) is 0.941. The first-order valence-corrected chi connectivity index (χ1v) is 14.4. The largest absolute Gasteiger partial charge is 0.457 e. The molecule has 2 atom stereocenters. The van der Waals surface area contributed by atoms with Gasteiger partial charge in [0.15, 0.2) is 16.6 Å². The maximum absolute atomic E-state index is 11.8. The van der Waals surface area contributed by atoms with Crippen molar-refractivity contribution < 1.29 is 18.4 Å². The lowest BCUT2D eigenvalue weighted by Gasteiger charge is -2.40. The minimum atomic E-state index is -1.93. The molecule has 1 heterocycles. The second-order valence-corrected chi connectivity index (χ2v) is 19.3. The first-order chi connectivity index (χ1) is 10.1. The van der Waals surface area contributed by atoms with Gasteiger partial charge in [-0.25, -0.2) is 0 Å². The summed E-state index contributed by atoms with van der Waals surface area (Å²) >= 11 is 0. The van der Waals surface area contributed by atoms with Crippen LogP contribution in [-0.4, -0.2) is 41.4 Å². The molecule has 1 aliphatic heterocycles. The number of carbonyl (C=O) groups excluding carboxylic acids is 1. The highest BCUT2D eigenvalue weighted by Gasteiger charge is 2.46. The maximum atomic E-state index is 11.8. The monoisotopic (exact) mass is 362 g/mol. The van der Waals surface area contributed by atoms with E-state index in [2.05, 4.69) is 67.7 Å². The SMILES string of the molecule is CC(C)(C)[Si](C)(C)OC[C@H]1OC(=[18O])C[C@@H]1O[Si](C)(C)C(C)(C)C. The molecule has 0 unspecified atom stereocenters. The zero-order chi connectivity index (χ0) is 18.3. The second-order valence-electron chi connectivity index (χ2n) is 9.72. The molecule has 6 heteroatoms. The minimum Gasteiger partial charge on any atom is -0.457 e. The molecule has 0 aromatic carbocycles. The van der Waals surface area contributed by atoms with E-state index >= 15 is 0 Å². The number of hydrogen-bond donors (Lipinski definition) is 0. The Morgan fingerprint density at radius 2 is 1.48 bits per heavy atom. The van der Waals surface area contributed by atoms with Crippen LogP contribution in [0.4, 0.5) is 0 Å². The molecular formula is C17H36O4Si2. The predicted octanol–water partition coefficient (Wildman–Crippen LogP) is 4.71. The van der Waals surface area contributed by atoms with Gasteiger partial charge in [0, 0.05) is 0 Å². The molecule has 0 amide bonds. The van der Waals surface area contributed by atoms with E-state index in [4.69, 9.17) is 13.6 Å². The first kappa shape index (κ1) is 20.9. The fourth-order valence-corrected chi connectivity index (χ4v) is 4.27. The summed E-state index contributed by atoms with van der Waals surface area (Å²) in [5, 5.41) is 0.259. The lowest BCUT2D eigenvalue weighted by atomic mass is 10.2. The van der Waals surface area contributed by atoms with Crippen LogP contribution in [0.25, 0.3) is 0 Å². The molecule has 0 spiro atoms. The molecule has 0 N–H and O–H groups in total. The highest BCUT2D eigenvalue weighted by molar-refractivity contribution is 6.74. The average molecular weight is 363 g/mol. The Bertz CT molecular complexity index is 433. The van der Waals surface area contributed by atoms with Crippen molar-refractivity contribution in [3.8, 4) is 0 Å².